The fourth-order valence-corrected chi connectivity index (χ4v) is 3.46. The van der Waals surface area contributed by atoms with Gasteiger partial charge in [0.15, 0.2) is 5.82 Å². The van der Waals surface area contributed by atoms with E-state index < -0.39 is 5.82 Å². The van der Waals surface area contributed by atoms with Crippen LogP contribution in [0.5, 0.6) is 0 Å². The molecular formula is C17H20FN7O. The summed E-state index contributed by atoms with van der Waals surface area (Å²) in [5, 5.41) is 8.30. The fraction of sp³-hybridized carbons (Fsp3) is 0.412. The second kappa shape index (κ2) is 6.17. The van der Waals surface area contributed by atoms with Gasteiger partial charge in [0.2, 0.25) is 5.82 Å². The number of aryl methyl sites for hydroxylation is 1. The van der Waals surface area contributed by atoms with E-state index in [-0.39, 0.29) is 23.3 Å². The highest BCUT2D eigenvalue weighted by molar-refractivity contribution is 5.92. The van der Waals surface area contributed by atoms with E-state index in [1.807, 2.05) is 30.5 Å². The SMILES string of the molecule is Cc1nnc2n1CC(CN(C)C)N(C(=O)c1ncc3c(F)cccn13)C2. The summed E-state index contributed by atoms with van der Waals surface area (Å²) < 4.78 is 17.5. The van der Waals surface area contributed by atoms with E-state index in [1.165, 1.54) is 16.7 Å². The molecule has 26 heavy (non-hydrogen) atoms. The third-order valence-corrected chi connectivity index (χ3v) is 4.71. The molecule has 4 heterocycles. The van der Waals surface area contributed by atoms with Crippen molar-refractivity contribution < 1.29 is 9.18 Å². The molecule has 1 atom stereocenters. The van der Waals surface area contributed by atoms with Crippen molar-refractivity contribution in [3.63, 3.8) is 0 Å². The Morgan fingerprint density at radius 2 is 2.19 bits per heavy atom. The molecule has 3 aromatic heterocycles. The van der Waals surface area contributed by atoms with Crippen LogP contribution in [0.25, 0.3) is 5.52 Å². The monoisotopic (exact) mass is 357 g/mol. The van der Waals surface area contributed by atoms with Crippen molar-refractivity contribution in [3.05, 3.63) is 47.8 Å². The summed E-state index contributed by atoms with van der Waals surface area (Å²) in [7, 11) is 3.94. The first-order valence-electron chi connectivity index (χ1n) is 8.41. The van der Waals surface area contributed by atoms with Crippen molar-refractivity contribution in [2.45, 2.75) is 26.1 Å². The van der Waals surface area contributed by atoms with Gasteiger partial charge in [-0.2, -0.15) is 0 Å². The molecule has 0 radical (unpaired) electrons. The number of likely N-dealkylation sites (N-methyl/N-ethyl adjacent to an activating group) is 1. The van der Waals surface area contributed by atoms with E-state index in [4.69, 9.17) is 0 Å². The van der Waals surface area contributed by atoms with Crippen LogP contribution in [0.2, 0.25) is 0 Å². The third-order valence-electron chi connectivity index (χ3n) is 4.71. The number of pyridine rings is 1. The van der Waals surface area contributed by atoms with E-state index >= 15 is 0 Å². The van der Waals surface area contributed by atoms with Gasteiger partial charge in [-0.3, -0.25) is 9.20 Å². The maximum atomic E-state index is 13.9. The average Bonchev–Trinajstić information content (AvgIpc) is 3.18. The largest absolute Gasteiger partial charge is 0.322 e. The summed E-state index contributed by atoms with van der Waals surface area (Å²) in [5.41, 5.74) is 0.288. The molecule has 0 aromatic carbocycles. The van der Waals surface area contributed by atoms with Crippen molar-refractivity contribution in [3.8, 4) is 0 Å². The van der Waals surface area contributed by atoms with Gasteiger partial charge in [-0.1, -0.05) is 0 Å². The number of halogens is 1. The number of nitrogens with zero attached hydrogens (tertiary/aromatic N) is 7. The first-order valence-corrected chi connectivity index (χ1v) is 8.41. The van der Waals surface area contributed by atoms with Crippen LogP contribution < -0.4 is 0 Å². The van der Waals surface area contributed by atoms with Crippen LogP contribution in [0.15, 0.2) is 24.5 Å². The second-order valence-electron chi connectivity index (χ2n) is 6.82. The highest BCUT2D eigenvalue weighted by Gasteiger charge is 2.34. The molecule has 136 valence electrons. The minimum atomic E-state index is -0.405. The Morgan fingerprint density at radius 3 is 2.96 bits per heavy atom. The summed E-state index contributed by atoms with van der Waals surface area (Å²) in [4.78, 5) is 21.2. The molecule has 4 rings (SSSR count). The van der Waals surface area contributed by atoms with Gasteiger partial charge in [-0.25, -0.2) is 9.37 Å². The molecule has 0 saturated carbocycles. The number of rotatable bonds is 3. The highest BCUT2D eigenvalue weighted by Crippen LogP contribution is 2.21. The average molecular weight is 357 g/mol. The van der Waals surface area contributed by atoms with Crippen LogP contribution in [0, 0.1) is 12.7 Å². The molecule has 0 N–H and O–H groups in total. The van der Waals surface area contributed by atoms with Gasteiger partial charge in [-0.05, 0) is 33.2 Å². The first-order chi connectivity index (χ1) is 12.5. The Labute approximate surface area is 149 Å². The third kappa shape index (κ3) is 2.64. The maximum Gasteiger partial charge on any atom is 0.291 e. The molecule has 0 bridgehead atoms. The van der Waals surface area contributed by atoms with E-state index in [0.29, 0.717) is 19.6 Å². The molecule has 0 aliphatic carbocycles. The Balaban J connectivity index is 1.73. The number of hydrogen-bond donors (Lipinski definition) is 0. The fourth-order valence-electron chi connectivity index (χ4n) is 3.46. The Kier molecular flexibility index (Phi) is 3.95. The predicted octanol–water partition coefficient (Wildman–Crippen LogP) is 0.960. The predicted molar refractivity (Wildman–Crippen MR) is 92.1 cm³/mol. The van der Waals surface area contributed by atoms with Crippen LogP contribution in [-0.2, 0) is 13.1 Å². The molecule has 0 saturated heterocycles. The maximum absolute atomic E-state index is 13.9. The second-order valence-corrected chi connectivity index (χ2v) is 6.82. The van der Waals surface area contributed by atoms with Crippen LogP contribution in [0.3, 0.4) is 0 Å². The minimum Gasteiger partial charge on any atom is -0.322 e. The van der Waals surface area contributed by atoms with Crippen molar-refractivity contribution >= 4 is 11.4 Å². The number of aromatic nitrogens is 5. The number of carbonyl (C=O) groups excluding carboxylic acids is 1. The summed E-state index contributed by atoms with van der Waals surface area (Å²) in [6.45, 7) is 3.57. The van der Waals surface area contributed by atoms with Crippen molar-refractivity contribution in [2.75, 3.05) is 20.6 Å². The van der Waals surface area contributed by atoms with E-state index in [2.05, 4.69) is 15.2 Å². The van der Waals surface area contributed by atoms with E-state index in [9.17, 15) is 9.18 Å². The van der Waals surface area contributed by atoms with Gasteiger partial charge in [0.25, 0.3) is 5.91 Å². The molecule has 8 nitrogen and oxygen atoms in total. The molecule has 0 fully saturated rings. The van der Waals surface area contributed by atoms with Crippen LogP contribution in [-0.4, -0.2) is 66.5 Å². The van der Waals surface area contributed by atoms with Gasteiger partial charge in [0.05, 0.1) is 18.8 Å². The summed E-state index contributed by atoms with van der Waals surface area (Å²) in [5.74, 6) is 1.14. The quantitative estimate of drug-likeness (QED) is 0.698. The van der Waals surface area contributed by atoms with Gasteiger partial charge in [0.1, 0.15) is 17.2 Å². The smallest absolute Gasteiger partial charge is 0.291 e. The summed E-state index contributed by atoms with van der Waals surface area (Å²) >= 11 is 0. The van der Waals surface area contributed by atoms with Crippen molar-refractivity contribution in [2.24, 2.45) is 0 Å². The van der Waals surface area contributed by atoms with Gasteiger partial charge >= 0.3 is 0 Å². The number of hydrogen-bond acceptors (Lipinski definition) is 5. The zero-order valence-electron chi connectivity index (χ0n) is 14.9. The first kappa shape index (κ1) is 16.6. The zero-order chi connectivity index (χ0) is 18.4. The molecule has 9 heteroatoms. The number of imidazole rings is 1. The van der Waals surface area contributed by atoms with Gasteiger partial charge < -0.3 is 14.4 Å². The minimum absolute atomic E-state index is 0.0550. The lowest BCUT2D eigenvalue weighted by molar-refractivity contribution is 0.0530. The molecule has 1 unspecified atom stereocenters. The Hall–Kier alpha value is -2.81. The normalized spacial score (nSPS) is 17.1. The lowest BCUT2D eigenvalue weighted by Crippen LogP contribution is -2.51. The lowest BCUT2D eigenvalue weighted by atomic mass is 10.1. The van der Waals surface area contributed by atoms with Crippen LogP contribution in [0.1, 0.15) is 22.3 Å². The molecule has 1 aliphatic heterocycles. The molecule has 1 amide bonds. The standard InChI is InChI=1S/C17H20FN7O/c1-11-20-21-15-10-25(12(8-22(2)3)9-24(11)15)17(26)16-19-7-14-13(18)5-4-6-23(14)16/h4-7,12H,8-10H2,1-3H3. The van der Waals surface area contributed by atoms with Crippen LogP contribution in [0.4, 0.5) is 4.39 Å². The number of amides is 1. The van der Waals surface area contributed by atoms with Crippen molar-refractivity contribution in [1.82, 2.24) is 33.9 Å². The van der Waals surface area contributed by atoms with E-state index in [1.54, 1.807) is 17.2 Å². The molecule has 1 aliphatic rings. The molecular weight excluding hydrogens is 337 g/mol. The van der Waals surface area contributed by atoms with Crippen LogP contribution >= 0.6 is 0 Å². The topological polar surface area (TPSA) is 71.6 Å². The molecule has 3 aromatic rings. The summed E-state index contributed by atoms with van der Waals surface area (Å²) in [6.07, 6.45) is 3.04. The van der Waals surface area contributed by atoms with Gasteiger partial charge in [-0.15, -0.1) is 10.2 Å². The molecule has 0 spiro atoms. The highest BCUT2D eigenvalue weighted by atomic mass is 19.1. The van der Waals surface area contributed by atoms with Crippen molar-refractivity contribution in [1.29, 1.82) is 0 Å². The Morgan fingerprint density at radius 1 is 1.38 bits per heavy atom. The van der Waals surface area contributed by atoms with E-state index in [0.717, 1.165) is 11.6 Å². The Bertz CT molecular complexity index is 977. The lowest BCUT2D eigenvalue weighted by Gasteiger charge is -2.37. The van der Waals surface area contributed by atoms with Gasteiger partial charge in [0, 0.05) is 19.3 Å². The number of fused-ring (bicyclic) bond motifs is 2. The number of carbonyl (C=O) groups is 1. The summed E-state index contributed by atoms with van der Waals surface area (Å²) in [6, 6.07) is 2.86. The zero-order valence-corrected chi connectivity index (χ0v) is 14.9.